The molecule has 1 unspecified atom stereocenters. The van der Waals surface area contributed by atoms with Gasteiger partial charge < -0.3 is 9.73 Å². The Bertz CT molecular complexity index is 488. The molecule has 96 valence electrons. The van der Waals surface area contributed by atoms with Gasteiger partial charge in [-0.25, -0.2) is 0 Å². The predicted molar refractivity (Wildman–Crippen MR) is 74.8 cm³/mol. The minimum Gasteiger partial charge on any atom is -0.467 e. The Balaban J connectivity index is 2.33. The van der Waals surface area contributed by atoms with Crippen LogP contribution in [-0.4, -0.2) is 6.54 Å². The molecule has 0 saturated heterocycles. The average molecular weight is 243 g/mol. The molecule has 1 N–H and O–H groups in total. The molecular weight excluding hydrogens is 222 g/mol. The van der Waals surface area contributed by atoms with E-state index in [4.69, 9.17) is 4.42 Å². The molecule has 1 atom stereocenters. The Morgan fingerprint density at radius 1 is 1.22 bits per heavy atom. The van der Waals surface area contributed by atoms with Crippen molar-refractivity contribution in [1.29, 1.82) is 0 Å². The molecule has 0 aliphatic heterocycles. The molecule has 1 aromatic carbocycles. The van der Waals surface area contributed by atoms with Crippen LogP contribution >= 0.6 is 0 Å². The number of aryl methyl sites for hydroxylation is 2. The van der Waals surface area contributed by atoms with Crippen LogP contribution in [0.1, 0.15) is 41.8 Å². The lowest BCUT2D eigenvalue weighted by atomic mass is 9.97. The van der Waals surface area contributed by atoms with E-state index in [-0.39, 0.29) is 6.04 Å². The third-order valence-corrected chi connectivity index (χ3v) is 3.16. The number of rotatable bonds is 5. The van der Waals surface area contributed by atoms with E-state index in [2.05, 4.69) is 44.3 Å². The summed E-state index contributed by atoms with van der Waals surface area (Å²) < 4.78 is 5.57. The van der Waals surface area contributed by atoms with E-state index in [1.54, 1.807) is 6.26 Å². The summed E-state index contributed by atoms with van der Waals surface area (Å²) in [6.45, 7) is 7.44. The third kappa shape index (κ3) is 2.82. The summed E-state index contributed by atoms with van der Waals surface area (Å²) in [7, 11) is 0. The van der Waals surface area contributed by atoms with Crippen LogP contribution in [0, 0.1) is 13.8 Å². The highest BCUT2D eigenvalue weighted by molar-refractivity contribution is 5.36. The van der Waals surface area contributed by atoms with Crippen molar-refractivity contribution in [2.75, 3.05) is 6.54 Å². The molecule has 0 aliphatic carbocycles. The fourth-order valence-corrected chi connectivity index (χ4v) is 2.26. The molecule has 0 fully saturated rings. The van der Waals surface area contributed by atoms with Crippen molar-refractivity contribution in [2.45, 2.75) is 33.2 Å². The first kappa shape index (κ1) is 12.9. The standard InChI is InChI=1S/C16H21NO/c1-4-9-17-16(15-6-5-10-18-15)14-8-7-12(2)11-13(14)3/h5-8,10-11,16-17H,4,9H2,1-3H3. The van der Waals surface area contributed by atoms with Gasteiger partial charge in [-0.05, 0) is 50.1 Å². The number of hydrogen-bond donors (Lipinski definition) is 1. The van der Waals surface area contributed by atoms with Gasteiger partial charge in [-0.3, -0.25) is 0 Å². The van der Waals surface area contributed by atoms with Crippen LogP contribution in [-0.2, 0) is 0 Å². The van der Waals surface area contributed by atoms with Crippen LogP contribution in [0.15, 0.2) is 41.0 Å². The number of nitrogens with one attached hydrogen (secondary N) is 1. The fraction of sp³-hybridized carbons (Fsp3) is 0.375. The van der Waals surface area contributed by atoms with Crippen LogP contribution in [0.25, 0.3) is 0 Å². The highest BCUT2D eigenvalue weighted by Gasteiger charge is 2.17. The summed E-state index contributed by atoms with van der Waals surface area (Å²) in [4.78, 5) is 0. The maximum absolute atomic E-state index is 5.57. The van der Waals surface area contributed by atoms with E-state index >= 15 is 0 Å². The Labute approximate surface area is 109 Å². The Morgan fingerprint density at radius 3 is 2.67 bits per heavy atom. The van der Waals surface area contributed by atoms with Crippen molar-refractivity contribution in [3.05, 3.63) is 59.0 Å². The Morgan fingerprint density at radius 2 is 2.06 bits per heavy atom. The zero-order valence-electron chi connectivity index (χ0n) is 11.4. The second-order valence-corrected chi connectivity index (χ2v) is 4.76. The first-order chi connectivity index (χ1) is 8.72. The van der Waals surface area contributed by atoms with Crippen molar-refractivity contribution in [2.24, 2.45) is 0 Å². The molecule has 1 heterocycles. The van der Waals surface area contributed by atoms with E-state index in [0.717, 1.165) is 18.7 Å². The summed E-state index contributed by atoms with van der Waals surface area (Å²) in [5.74, 6) is 0.982. The van der Waals surface area contributed by atoms with Gasteiger partial charge >= 0.3 is 0 Å². The number of furan rings is 1. The smallest absolute Gasteiger partial charge is 0.125 e. The quantitative estimate of drug-likeness (QED) is 0.859. The number of benzene rings is 1. The van der Waals surface area contributed by atoms with E-state index < -0.39 is 0 Å². The summed E-state index contributed by atoms with van der Waals surface area (Å²) in [6.07, 6.45) is 2.85. The third-order valence-electron chi connectivity index (χ3n) is 3.16. The summed E-state index contributed by atoms with van der Waals surface area (Å²) in [5, 5.41) is 3.55. The SMILES string of the molecule is CCCNC(c1ccco1)c1ccc(C)cc1C. The van der Waals surface area contributed by atoms with E-state index in [1.807, 2.05) is 12.1 Å². The topological polar surface area (TPSA) is 25.2 Å². The molecule has 2 heteroatoms. The lowest BCUT2D eigenvalue weighted by Crippen LogP contribution is -2.23. The van der Waals surface area contributed by atoms with Gasteiger partial charge in [-0.15, -0.1) is 0 Å². The number of hydrogen-bond acceptors (Lipinski definition) is 2. The lowest BCUT2D eigenvalue weighted by Gasteiger charge is -2.19. The molecule has 2 nitrogen and oxygen atoms in total. The van der Waals surface area contributed by atoms with Gasteiger partial charge in [-0.2, -0.15) is 0 Å². The van der Waals surface area contributed by atoms with E-state index in [0.29, 0.717) is 0 Å². The fourth-order valence-electron chi connectivity index (χ4n) is 2.26. The van der Waals surface area contributed by atoms with Gasteiger partial charge in [0, 0.05) is 0 Å². The molecule has 1 aromatic heterocycles. The summed E-state index contributed by atoms with van der Waals surface area (Å²) in [6, 6.07) is 10.7. The van der Waals surface area contributed by atoms with Crippen molar-refractivity contribution in [3.8, 4) is 0 Å². The first-order valence-corrected chi connectivity index (χ1v) is 6.56. The molecule has 0 bridgehead atoms. The van der Waals surface area contributed by atoms with Gasteiger partial charge in [0.05, 0.1) is 12.3 Å². The van der Waals surface area contributed by atoms with E-state index in [1.165, 1.54) is 16.7 Å². The normalized spacial score (nSPS) is 12.6. The predicted octanol–water partition coefficient (Wildman–Crippen LogP) is 3.99. The molecule has 0 amide bonds. The van der Waals surface area contributed by atoms with Gasteiger partial charge in [-0.1, -0.05) is 30.7 Å². The first-order valence-electron chi connectivity index (χ1n) is 6.56. The van der Waals surface area contributed by atoms with Crippen molar-refractivity contribution in [1.82, 2.24) is 5.32 Å². The van der Waals surface area contributed by atoms with Crippen LogP contribution in [0.2, 0.25) is 0 Å². The summed E-state index contributed by atoms with van der Waals surface area (Å²) in [5.41, 5.74) is 3.90. The highest BCUT2D eigenvalue weighted by atomic mass is 16.3. The highest BCUT2D eigenvalue weighted by Crippen LogP contribution is 2.25. The van der Waals surface area contributed by atoms with Crippen molar-refractivity contribution >= 4 is 0 Å². The zero-order valence-corrected chi connectivity index (χ0v) is 11.4. The van der Waals surface area contributed by atoms with Gasteiger partial charge in [0.15, 0.2) is 0 Å². The second kappa shape index (κ2) is 5.87. The largest absolute Gasteiger partial charge is 0.467 e. The van der Waals surface area contributed by atoms with Crippen LogP contribution in [0.4, 0.5) is 0 Å². The molecular formula is C16H21NO. The minimum absolute atomic E-state index is 0.153. The molecule has 0 aliphatic rings. The Kier molecular flexibility index (Phi) is 4.21. The Hall–Kier alpha value is -1.54. The van der Waals surface area contributed by atoms with Crippen LogP contribution in [0.5, 0.6) is 0 Å². The maximum Gasteiger partial charge on any atom is 0.125 e. The lowest BCUT2D eigenvalue weighted by molar-refractivity contribution is 0.446. The molecule has 0 radical (unpaired) electrons. The zero-order chi connectivity index (χ0) is 13.0. The van der Waals surface area contributed by atoms with Gasteiger partial charge in [0.1, 0.15) is 5.76 Å². The summed E-state index contributed by atoms with van der Waals surface area (Å²) >= 11 is 0. The molecule has 0 saturated carbocycles. The molecule has 2 aromatic rings. The van der Waals surface area contributed by atoms with Crippen LogP contribution in [0.3, 0.4) is 0 Å². The monoisotopic (exact) mass is 243 g/mol. The van der Waals surface area contributed by atoms with Crippen molar-refractivity contribution < 1.29 is 4.42 Å². The molecule has 2 rings (SSSR count). The maximum atomic E-state index is 5.57. The van der Waals surface area contributed by atoms with E-state index in [9.17, 15) is 0 Å². The van der Waals surface area contributed by atoms with Gasteiger partial charge in [0.2, 0.25) is 0 Å². The molecule has 18 heavy (non-hydrogen) atoms. The van der Waals surface area contributed by atoms with Crippen molar-refractivity contribution in [3.63, 3.8) is 0 Å². The second-order valence-electron chi connectivity index (χ2n) is 4.76. The average Bonchev–Trinajstić information content (AvgIpc) is 2.85. The molecule has 0 spiro atoms. The van der Waals surface area contributed by atoms with Crippen LogP contribution < -0.4 is 5.32 Å². The minimum atomic E-state index is 0.153. The van der Waals surface area contributed by atoms with Gasteiger partial charge in [0.25, 0.3) is 0 Å².